The second-order valence-electron chi connectivity index (χ2n) is 9.61. The number of ether oxygens (including phenoxy) is 1. The summed E-state index contributed by atoms with van der Waals surface area (Å²) in [6.07, 6.45) is 5.58. The van der Waals surface area contributed by atoms with E-state index in [-0.39, 0.29) is 42.6 Å². The van der Waals surface area contributed by atoms with Gasteiger partial charge in [0.2, 0.25) is 0 Å². The van der Waals surface area contributed by atoms with E-state index >= 15 is 0 Å². The minimum absolute atomic E-state index is 0. The SMILES string of the molecule is CCCc1nc(C)c(CC2CCCCO2)c(=O)n1Cc1ccc(-c2ccccc2-c2noc(=O)[nH]2)cc1.[H-].[Na+]. The monoisotopic (exact) mass is 524 g/mol. The molecule has 1 atom stereocenters. The molecule has 3 heterocycles. The first-order valence-corrected chi connectivity index (χ1v) is 13.0. The van der Waals surface area contributed by atoms with Crippen LogP contribution in [0.3, 0.4) is 0 Å². The number of aromatic amines is 1. The number of nitrogens with one attached hydrogen (secondary N) is 1. The van der Waals surface area contributed by atoms with Gasteiger partial charge in [0.25, 0.3) is 5.56 Å². The molecule has 2 aromatic heterocycles. The van der Waals surface area contributed by atoms with Crippen LogP contribution < -0.4 is 40.9 Å². The smallest absolute Gasteiger partial charge is 1.00 e. The summed E-state index contributed by atoms with van der Waals surface area (Å²) in [5.41, 5.74) is 5.31. The predicted molar refractivity (Wildman–Crippen MR) is 143 cm³/mol. The summed E-state index contributed by atoms with van der Waals surface area (Å²) in [6.45, 7) is 5.27. The van der Waals surface area contributed by atoms with Crippen LogP contribution in [0.1, 0.15) is 56.7 Å². The Kier molecular flexibility index (Phi) is 9.54. The molecule has 4 aromatic rings. The van der Waals surface area contributed by atoms with E-state index in [1.54, 1.807) is 0 Å². The van der Waals surface area contributed by atoms with Crippen LogP contribution in [-0.2, 0) is 24.1 Å². The van der Waals surface area contributed by atoms with Gasteiger partial charge in [0.05, 0.1) is 12.6 Å². The Bertz CT molecular complexity index is 1490. The Balaban J connectivity index is 0.00000210. The van der Waals surface area contributed by atoms with Gasteiger partial charge in [0.1, 0.15) is 5.82 Å². The van der Waals surface area contributed by atoms with Gasteiger partial charge in [-0.2, -0.15) is 0 Å². The normalized spacial score (nSPS) is 15.3. The van der Waals surface area contributed by atoms with E-state index in [1.165, 1.54) is 0 Å². The molecule has 5 rings (SSSR count). The molecular formula is C29H33N4NaO4. The first-order chi connectivity index (χ1) is 18.0. The Morgan fingerprint density at radius 1 is 1.08 bits per heavy atom. The van der Waals surface area contributed by atoms with Crippen molar-refractivity contribution in [1.29, 1.82) is 0 Å². The zero-order valence-electron chi connectivity index (χ0n) is 23.3. The molecule has 1 fully saturated rings. The van der Waals surface area contributed by atoms with Crippen LogP contribution in [0.15, 0.2) is 62.6 Å². The summed E-state index contributed by atoms with van der Waals surface area (Å²) in [7, 11) is 0. The van der Waals surface area contributed by atoms with Crippen molar-refractivity contribution in [3.63, 3.8) is 0 Å². The van der Waals surface area contributed by atoms with Crippen LogP contribution in [0.5, 0.6) is 0 Å². The molecule has 0 aliphatic carbocycles. The zero-order valence-corrected chi connectivity index (χ0v) is 24.3. The van der Waals surface area contributed by atoms with Crippen LogP contribution in [0.4, 0.5) is 0 Å². The van der Waals surface area contributed by atoms with Crippen LogP contribution in [0, 0.1) is 6.92 Å². The number of aryl methyl sites for hydroxylation is 2. The number of hydrogen-bond acceptors (Lipinski definition) is 6. The number of aromatic nitrogens is 4. The Morgan fingerprint density at radius 2 is 1.84 bits per heavy atom. The third kappa shape index (κ3) is 6.26. The fourth-order valence-electron chi connectivity index (χ4n) is 5.02. The molecule has 38 heavy (non-hydrogen) atoms. The van der Waals surface area contributed by atoms with Gasteiger partial charge in [-0.25, -0.2) is 9.78 Å². The molecule has 1 unspecified atom stereocenters. The largest absolute Gasteiger partial charge is 1.00 e. The number of rotatable bonds is 8. The molecule has 8 nitrogen and oxygen atoms in total. The minimum atomic E-state index is -0.588. The average molecular weight is 525 g/mol. The molecule has 1 aliphatic heterocycles. The van der Waals surface area contributed by atoms with Gasteiger partial charge >= 0.3 is 35.3 Å². The third-order valence-corrected chi connectivity index (χ3v) is 6.96. The van der Waals surface area contributed by atoms with Crippen molar-refractivity contribution in [2.75, 3.05) is 6.61 Å². The quantitative estimate of drug-likeness (QED) is 0.353. The van der Waals surface area contributed by atoms with Gasteiger partial charge in [-0.1, -0.05) is 60.6 Å². The molecule has 0 saturated carbocycles. The third-order valence-electron chi connectivity index (χ3n) is 6.96. The number of benzene rings is 2. The summed E-state index contributed by atoms with van der Waals surface area (Å²) in [6, 6.07) is 15.8. The molecule has 0 spiro atoms. The molecular weight excluding hydrogens is 491 g/mol. The van der Waals surface area contributed by atoms with Crippen LogP contribution >= 0.6 is 0 Å². The van der Waals surface area contributed by atoms with Crippen molar-refractivity contribution in [3.05, 3.63) is 92.1 Å². The maximum absolute atomic E-state index is 13.7. The fourth-order valence-corrected chi connectivity index (χ4v) is 5.02. The van der Waals surface area contributed by atoms with Gasteiger partial charge < -0.3 is 6.16 Å². The number of hydrogen-bond donors (Lipinski definition) is 1. The van der Waals surface area contributed by atoms with Gasteiger partial charge in [-0.3, -0.25) is 18.9 Å². The topological polar surface area (TPSA) is 103 Å². The van der Waals surface area contributed by atoms with E-state index in [1.807, 2.05) is 60.0 Å². The number of H-pyrrole nitrogens is 1. The summed E-state index contributed by atoms with van der Waals surface area (Å²) >= 11 is 0. The Labute approximate surface area is 245 Å². The van der Waals surface area contributed by atoms with Crippen LogP contribution in [0.2, 0.25) is 0 Å². The molecule has 1 aliphatic rings. The van der Waals surface area contributed by atoms with E-state index in [2.05, 4.69) is 17.1 Å². The molecule has 9 heteroatoms. The van der Waals surface area contributed by atoms with Crippen molar-refractivity contribution in [2.24, 2.45) is 0 Å². The molecule has 1 saturated heterocycles. The first-order valence-electron chi connectivity index (χ1n) is 13.0. The van der Waals surface area contributed by atoms with Gasteiger partial charge in [0.15, 0.2) is 5.82 Å². The molecule has 194 valence electrons. The number of nitrogens with zero attached hydrogens (tertiary/aromatic N) is 3. The molecule has 0 radical (unpaired) electrons. The summed E-state index contributed by atoms with van der Waals surface area (Å²) in [5.74, 6) is 0.623. The minimum Gasteiger partial charge on any atom is -1.00 e. The van der Waals surface area contributed by atoms with Gasteiger partial charge in [-0.15, -0.1) is 0 Å². The van der Waals surface area contributed by atoms with Crippen molar-refractivity contribution >= 4 is 0 Å². The fraction of sp³-hybridized carbons (Fsp3) is 0.379. The van der Waals surface area contributed by atoms with Gasteiger partial charge in [0, 0.05) is 36.3 Å². The average Bonchev–Trinajstić information content (AvgIpc) is 3.36. The van der Waals surface area contributed by atoms with Crippen molar-refractivity contribution in [3.8, 4) is 22.5 Å². The maximum atomic E-state index is 13.7. The molecule has 0 amide bonds. The summed E-state index contributed by atoms with van der Waals surface area (Å²) < 4.78 is 12.4. The summed E-state index contributed by atoms with van der Waals surface area (Å²) in [5, 5.41) is 3.84. The predicted octanol–water partition coefficient (Wildman–Crippen LogP) is 1.79. The van der Waals surface area contributed by atoms with E-state index < -0.39 is 5.76 Å². The molecule has 1 N–H and O–H groups in total. The zero-order chi connectivity index (χ0) is 25.8. The van der Waals surface area contributed by atoms with E-state index in [4.69, 9.17) is 14.2 Å². The Morgan fingerprint density at radius 3 is 2.50 bits per heavy atom. The Hall–Kier alpha value is -2.78. The summed E-state index contributed by atoms with van der Waals surface area (Å²) in [4.78, 5) is 32.6. The maximum Gasteiger partial charge on any atom is 1.00 e. The first kappa shape index (κ1) is 28.2. The van der Waals surface area contributed by atoms with E-state index in [0.717, 1.165) is 78.0 Å². The molecule has 2 aromatic carbocycles. The standard InChI is InChI=1S/C29H32N4O4.Na.H/c1-3-8-26-30-19(2)25(17-22-9-6-7-16-36-22)28(34)33(26)18-20-12-14-21(15-13-20)23-10-4-5-11-24(23)27-31-29(35)37-32-27;;/h4-5,10-15,22H,3,6-9,16-18H2,1-2H3,(H,31,32,35);;/q;+1;-1. The van der Waals surface area contributed by atoms with Crippen LogP contribution in [0.25, 0.3) is 22.5 Å². The van der Waals surface area contributed by atoms with E-state index in [9.17, 15) is 9.59 Å². The van der Waals surface area contributed by atoms with E-state index in [0.29, 0.717) is 18.8 Å². The second kappa shape index (κ2) is 12.8. The van der Waals surface area contributed by atoms with Crippen molar-refractivity contribution in [1.82, 2.24) is 19.7 Å². The van der Waals surface area contributed by atoms with Crippen LogP contribution in [-0.4, -0.2) is 32.4 Å². The van der Waals surface area contributed by atoms with Gasteiger partial charge in [-0.05, 0) is 49.3 Å². The van der Waals surface area contributed by atoms with Crippen molar-refractivity contribution in [2.45, 2.75) is 65.0 Å². The van der Waals surface area contributed by atoms with Crippen molar-refractivity contribution < 1.29 is 40.2 Å². The second-order valence-corrected chi connectivity index (χ2v) is 9.61. The molecule has 0 bridgehead atoms.